The van der Waals surface area contributed by atoms with Gasteiger partial charge in [0.15, 0.2) is 0 Å². The van der Waals surface area contributed by atoms with Gasteiger partial charge < -0.3 is 15.4 Å². The minimum atomic E-state index is -0.336. The Morgan fingerprint density at radius 2 is 2.05 bits per heavy atom. The van der Waals surface area contributed by atoms with E-state index in [1.165, 1.54) is 0 Å². The average molecular weight is 282 g/mol. The van der Waals surface area contributed by atoms with Crippen LogP contribution in [-0.4, -0.2) is 24.6 Å². The number of amides is 2. The first-order valence-corrected chi connectivity index (χ1v) is 7.50. The first-order valence-electron chi connectivity index (χ1n) is 7.50. The van der Waals surface area contributed by atoms with E-state index in [9.17, 15) is 9.59 Å². The van der Waals surface area contributed by atoms with Crippen molar-refractivity contribution in [3.8, 4) is 0 Å². The van der Waals surface area contributed by atoms with E-state index in [0.717, 1.165) is 25.7 Å². The van der Waals surface area contributed by atoms with Crippen LogP contribution in [-0.2, 0) is 9.53 Å². The van der Waals surface area contributed by atoms with E-state index in [0.29, 0.717) is 17.9 Å². The van der Waals surface area contributed by atoms with Crippen LogP contribution in [0.25, 0.3) is 0 Å². The van der Waals surface area contributed by atoms with E-state index >= 15 is 0 Å². The van der Waals surface area contributed by atoms with Gasteiger partial charge in [0, 0.05) is 5.70 Å². The van der Waals surface area contributed by atoms with Crippen LogP contribution >= 0.6 is 0 Å². The molecule has 1 aliphatic heterocycles. The third-order valence-electron chi connectivity index (χ3n) is 3.72. The van der Waals surface area contributed by atoms with E-state index in [1.807, 2.05) is 0 Å². The third kappa shape index (κ3) is 3.99. The molecule has 2 amide bonds. The molecule has 5 heteroatoms. The van der Waals surface area contributed by atoms with Crippen molar-refractivity contribution in [2.75, 3.05) is 6.61 Å². The maximum atomic E-state index is 12.1. The van der Waals surface area contributed by atoms with Crippen molar-refractivity contribution in [1.82, 2.24) is 10.6 Å². The molecule has 1 heterocycles. The number of unbranched alkanes of at least 4 members (excludes halogenated alkanes) is 1. The Kier molecular flexibility index (Phi) is 6.55. The van der Waals surface area contributed by atoms with Gasteiger partial charge in [0.25, 0.3) is 0 Å². The molecule has 2 atom stereocenters. The minimum Gasteiger partial charge on any atom is -0.463 e. The first-order chi connectivity index (χ1) is 9.54. The number of carbonyl (C=O) groups excluding carboxylic acids is 2. The summed E-state index contributed by atoms with van der Waals surface area (Å²) < 4.78 is 5.13. The van der Waals surface area contributed by atoms with Crippen molar-refractivity contribution in [3.05, 3.63) is 11.3 Å². The number of esters is 1. The number of ether oxygens (including phenoxy) is 1. The molecule has 2 unspecified atom stereocenters. The molecular weight excluding hydrogens is 256 g/mol. The fourth-order valence-electron chi connectivity index (χ4n) is 2.64. The Morgan fingerprint density at radius 1 is 1.35 bits per heavy atom. The summed E-state index contributed by atoms with van der Waals surface area (Å²) in [4.78, 5) is 23.8. The minimum absolute atomic E-state index is 0.240. The maximum Gasteiger partial charge on any atom is 0.337 e. The summed E-state index contributed by atoms with van der Waals surface area (Å²) in [7, 11) is 0. The molecule has 0 aromatic carbocycles. The largest absolute Gasteiger partial charge is 0.463 e. The molecule has 114 valence electrons. The smallest absolute Gasteiger partial charge is 0.337 e. The number of carbonyl (C=O) groups is 2. The average Bonchev–Trinajstić information content (AvgIpc) is 2.39. The number of rotatable bonds is 7. The molecule has 0 saturated carbocycles. The van der Waals surface area contributed by atoms with E-state index in [1.54, 1.807) is 13.8 Å². The Balaban J connectivity index is 3.01. The second-order valence-corrected chi connectivity index (χ2v) is 5.15. The third-order valence-corrected chi connectivity index (χ3v) is 3.72. The predicted octanol–water partition coefficient (Wildman–Crippen LogP) is 2.72. The highest BCUT2D eigenvalue weighted by Crippen LogP contribution is 2.26. The zero-order valence-electron chi connectivity index (χ0n) is 12.9. The van der Waals surface area contributed by atoms with Crippen molar-refractivity contribution in [3.63, 3.8) is 0 Å². The van der Waals surface area contributed by atoms with Gasteiger partial charge in [-0.2, -0.15) is 0 Å². The Hall–Kier alpha value is -1.52. The summed E-state index contributed by atoms with van der Waals surface area (Å²) in [6.45, 7) is 8.10. The van der Waals surface area contributed by atoms with Gasteiger partial charge in [0.1, 0.15) is 0 Å². The predicted molar refractivity (Wildman–Crippen MR) is 78.1 cm³/mol. The SMILES string of the molecule is CCCCC(CC)C1NC(=O)NC(C)=C1C(=O)OCC. The molecule has 5 nitrogen and oxygen atoms in total. The molecule has 2 N–H and O–H groups in total. The fraction of sp³-hybridized carbons (Fsp3) is 0.733. The summed E-state index contributed by atoms with van der Waals surface area (Å²) in [5.41, 5.74) is 1.17. The first kappa shape index (κ1) is 16.5. The van der Waals surface area contributed by atoms with Crippen molar-refractivity contribution in [2.45, 2.75) is 59.4 Å². The van der Waals surface area contributed by atoms with Gasteiger partial charge >= 0.3 is 12.0 Å². The van der Waals surface area contributed by atoms with Gasteiger partial charge in [-0.25, -0.2) is 9.59 Å². The van der Waals surface area contributed by atoms with Crippen LogP contribution in [0.3, 0.4) is 0 Å². The quantitative estimate of drug-likeness (QED) is 0.705. The monoisotopic (exact) mass is 282 g/mol. The van der Waals surface area contributed by atoms with Crippen molar-refractivity contribution >= 4 is 12.0 Å². The molecule has 0 bridgehead atoms. The van der Waals surface area contributed by atoms with Gasteiger partial charge in [0.2, 0.25) is 0 Å². The van der Waals surface area contributed by atoms with E-state index < -0.39 is 0 Å². The summed E-state index contributed by atoms with van der Waals surface area (Å²) >= 11 is 0. The van der Waals surface area contributed by atoms with Crippen LogP contribution in [0.1, 0.15) is 53.4 Å². The normalized spacial score (nSPS) is 20.2. The lowest BCUT2D eigenvalue weighted by molar-refractivity contribution is -0.139. The number of nitrogens with one attached hydrogen (secondary N) is 2. The maximum absolute atomic E-state index is 12.1. The van der Waals surface area contributed by atoms with E-state index in [2.05, 4.69) is 24.5 Å². The molecule has 0 saturated heterocycles. The Bertz CT molecular complexity index is 391. The van der Waals surface area contributed by atoms with Gasteiger partial charge in [-0.1, -0.05) is 33.1 Å². The second kappa shape index (κ2) is 7.92. The second-order valence-electron chi connectivity index (χ2n) is 5.15. The van der Waals surface area contributed by atoms with Crippen LogP contribution in [0.5, 0.6) is 0 Å². The van der Waals surface area contributed by atoms with E-state index in [4.69, 9.17) is 4.74 Å². The van der Waals surface area contributed by atoms with Crippen LogP contribution in [0.15, 0.2) is 11.3 Å². The summed E-state index contributed by atoms with van der Waals surface area (Å²) in [5.74, 6) is -0.0761. The molecule has 0 spiro atoms. The van der Waals surface area contributed by atoms with Crippen LogP contribution < -0.4 is 10.6 Å². The highest BCUT2D eigenvalue weighted by molar-refractivity contribution is 5.94. The molecule has 0 aromatic heterocycles. The van der Waals surface area contributed by atoms with Crippen LogP contribution in [0.4, 0.5) is 4.79 Å². The standard InChI is InChI=1S/C15H26N2O3/c1-5-8-9-11(6-2)13-12(14(18)20-7-3)10(4)16-15(19)17-13/h11,13H,5-9H2,1-4H3,(H2,16,17,19). The van der Waals surface area contributed by atoms with Gasteiger partial charge in [0.05, 0.1) is 18.2 Å². The van der Waals surface area contributed by atoms with Gasteiger partial charge in [-0.15, -0.1) is 0 Å². The number of hydrogen-bond donors (Lipinski definition) is 2. The Labute approximate surface area is 121 Å². The highest BCUT2D eigenvalue weighted by atomic mass is 16.5. The van der Waals surface area contributed by atoms with Crippen molar-refractivity contribution in [1.29, 1.82) is 0 Å². The number of allylic oxidation sites excluding steroid dienone is 1. The molecule has 1 rings (SSSR count). The molecule has 0 aliphatic carbocycles. The number of hydrogen-bond acceptors (Lipinski definition) is 3. The number of urea groups is 1. The lowest BCUT2D eigenvalue weighted by atomic mass is 9.85. The molecule has 0 radical (unpaired) electrons. The summed E-state index contributed by atoms with van der Waals surface area (Å²) in [6.07, 6.45) is 4.11. The fourth-order valence-corrected chi connectivity index (χ4v) is 2.64. The molecular formula is C15H26N2O3. The lowest BCUT2D eigenvalue weighted by Crippen LogP contribution is -2.53. The van der Waals surface area contributed by atoms with Gasteiger partial charge in [-0.3, -0.25) is 0 Å². The Morgan fingerprint density at radius 3 is 2.60 bits per heavy atom. The molecule has 20 heavy (non-hydrogen) atoms. The molecule has 0 fully saturated rings. The van der Waals surface area contributed by atoms with Gasteiger partial charge in [-0.05, 0) is 26.2 Å². The molecule has 1 aliphatic rings. The van der Waals surface area contributed by atoms with Crippen LogP contribution in [0, 0.1) is 5.92 Å². The topological polar surface area (TPSA) is 67.4 Å². The van der Waals surface area contributed by atoms with E-state index in [-0.39, 0.29) is 24.0 Å². The lowest BCUT2D eigenvalue weighted by Gasteiger charge is -2.33. The van der Waals surface area contributed by atoms with Crippen molar-refractivity contribution in [2.24, 2.45) is 5.92 Å². The van der Waals surface area contributed by atoms with Crippen LogP contribution in [0.2, 0.25) is 0 Å². The zero-order valence-corrected chi connectivity index (χ0v) is 12.9. The summed E-state index contributed by atoms with van der Waals surface area (Å²) in [6, 6.07) is -0.491. The van der Waals surface area contributed by atoms with Crippen molar-refractivity contribution < 1.29 is 14.3 Å². The zero-order chi connectivity index (χ0) is 15.1. The summed E-state index contributed by atoms with van der Waals surface area (Å²) in [5, 5.41) is 5.55. The molecule has 0 aromatic rings. The highest BCUT2D eigenvalue weighted by Gasteiger charge is 2.35.